The van der Waals surface area contributed by atoms with Gasteiger partial charge in [0.05, 0.1) is 6.61 Å². The highest BCUT2D eigenvalue weighted by molar-refractivity contribution is 5.81. The van der Waals surface area contributed by atoms with E-state index in [-0.39, 0.29) is 0 Å². The van der Waals surface area contributed by atoms with Gasteiger partial charge in [-0.3, -0.25) is 0 Å². The molecule has 0 saturated carbocycles. The Balaban J connectivity index is 3.40. The van der Waals surface area contributed by atoms with Gasteiger partial charge in [-0.15, -0.1) is 0 Å². The fraction of sp³-hybridized carbons (Fsp3) is 0.480. The molecule has 0 aliphatic heterocycles. The van der Waals surface area contributed by atoms with E-state index in [4.69, 9.17) is 9.84 Å². The Labute approximate surface area is 170 Å². The van der Waals surface area contributed by atoms with Gasteiger partial charge in [-0.1, -0.05) is 65.3 Å². The molecule has 28 heavy (non-hydrogen) atoms. The first-order valence-electron chi connectivity index (χ1n) is 10.2. The molecule has 0 radical (unpaired) electrons. The Hall–Kier alpha value is -2.29. The van der Waals surface area contributed by atoms with Crippen molar-refractivity contribution in [3.8, 4) is 5.75 Å². The molecule has 0 fully saturated rings. The van der Waals surface area contributed by atoms with E-state index in [1.165, 1.54) is 17.2 Å². The fourth-order valence-electron chi connectivity index (χ4n) is 2.89. The molecule has 1 rings (SSSR count). The van der Waals surface area contributed by atoms with Crippen LogP contribution in [0, 0.1) is 0 Å². The second-order valence-electron chi connectivity index (χ2n) is 7.93. The lowest BCUT2D eigenvalue weighted by Gasteiger charge is -2.21. The van der Waals surface area contributed by atoms with Crippen molar-refractivity contribution in [2.45, 2.75) is 73.1 Å². The van der Waals surface area contributed by atoms with Crippen LogP contribution in [0.1, 0.15) is 89.8 Å². The van der Waals surface area contributed by atoms with Gasteiger partial charge in [0, 0.05) is 11.6 Å². The Morgan fingerprint density at radius 2 is 1.82 bits per heavy atom. The number of rotatable bonds is 10. The first-order chi connectivity index (χ1) is 13.2. The third-order valence-corrected chi connectivity index (χ3v) is 4.65. The van der Waals surface area contributed by atoms with Crippen LogP contribution < -0.4 is 4.74 Å². The van der Waals surface area contributed by atoms with Gasteiger partial charge in [0.2, 0.25) is 0 Å². The van der Waals surface area contributed by atoms with Crippen molar-refractivity contribution in [2.24, 2.45) is 0 Å². The summed E-state index contributed by atoms with van der Waals surface area (Å²) in [6.07, 6.45) is 9.07. The smallest absolute Gasteiger partial charge is 0.328 e. The van der Waals surface area contributed by atoms with Crippen molar-refractivity contribution in [1.82, 2.24) is 0 Å². The highest BCUT2D eigenvalue weighted by atomic mass is 16.5. The molecule has 3 nitrogen and oxygen atoms in total. The van der Waals surface area contributed by atoms with Gasteiger partial charge in [0.25, 0.3) is 0 Å². The van der Waals surface area contributed by atoms with Gasteiger partial charge in [0.15, 0.2) is 0 Å². The lowest BCUT2D eigenvalue weighted by atomic mass is 9.89. The van der Waals surface area contributed by atoms with Crippen LogP contribution in [-0.4, -0.2) is 17.7 Å². The number of hydrogen-bond donors (Lipinski definition) is 1. The average Bonchev–Trinajstić information content (AvgIpc) is 2.60. The van der Waals surface area contributed by atoms with Gasteiger partial charge in [-0.05, 0) is 60.4 Å². The monoisotopic (exact) mass is 384 g/mol. The predicted molar refractivity (Wildman–Crippen MR) is 119 cm³/mol. The molecule has 0 aliphatic carbocycles. The van der Waals surface area contributed by atoms with Crippen LogP contribution in [0.15, 0.2) is 42.0 Å². The molecule has 0 atom stereocenters. The maximum absolute atomic E-state index is 10.8. The third kappa shape index (κ3) is 7.38. The second-order valence-corrected chi connectivity index (χ2v) is 7.93. The van der Waals surface area contributed by atoms with Crippen molar-refractivity contribution < 1.29 is 14.6 Å². The van der Waals surface area contributed by atoms with Crippen molar-refractivity contribution in [3.63, 3.8) is 0 Å². The summed E-state index contributed by atoms with van der Waals surface area (Å²) >= 11 is 0. The van der Waals surface area contributed by atoms with Gasteiger partial charge in [-0.25, -0.2) is 4.79 Å². The third-order valence-electron chi connectivity index (χ3n) is 4.65. The molecule has 1 aromatic carbocycles. The average molecular weight is 385 g/mol. The van der Waals surface area contributed by atoms with Crippen molar-refractivity contribution in [2.75, 3.05) is 6.61 Å². The molecule has 0 saturated heterocycles. The van der Waals surface area contributed by atoms with Crippen molar-refractivity contribution >= 4 is 11.5 Å². The summed E-state index contributed by atoms with van der Waals surface area (Å²) in [5.74, 6) is 0.858. The number of benzene rings is 1. The molecule has 3 heteroatoms. The zero-order valence-electron chi connectivity index (χ0n) is 18.5. The van der Waals surface area contributed by atoms with Crippen LogP contribution in [0.4, 0.5) is 0 Å². The van der Waals surface area contributed by atoms with Gasteiger partial charge in [-0.2, -0.15) is 0 Å². The van der Waals surface area contributed by atoms with E-state index in [1.54, 1.807) is 6.92 Å². The van der Waals surface area contributed by atoms with Crippen LogP contribution in [-0.2, 0) is 4.79 Å². The largest absolute Gasteiger partial charge is 0.493 e. The van der Waals surface area contributed by atoms with Gasteiger partial charge < -0.3 is 9.84 Å². The Bertz CT molecular complexity index is 749. The molecule has 0 aromatic heterocycles. The number of ether oxygens (including phenoxy) is 1. The first-order valence-corrected chi connectivity index (χ1v) is 10.2. The highest BCUT2D eigenvalue weighted by Crippen LogP contribution is 2.37. The number of carbonyl (C=O) groups is 1. The molecule has 1 N–H and O–H groups in total. The standard InChI is InChI=1S/C25H36O3/c1-8-9-13-28-25-22(18(4)5)15-21(17(2)3)16-23(25)20(7)12-10-11-19(6)14-24(26)27/h10-12,14-18H,8-9,13H2,1-7H3,(H,26,27)/b11-10+,19-14+,20-12+. The van der Waals surface area contributed by atoms with E-state index in [1.807, 2.05) is 18.2 Å². The summed E-state index contributed by atoms with van der Waals surface area (Å²) in [6.45, 7) is 15.6. The number of aliphatic carboxylic acids is 1. The molecule has 0 heterocycles. The van der Waals surface area contributed by atoms with Crippen molar-refractivity contribution in [3.05, 3.63) is 58.7 Å². The summed E-state index contributed by atoms with van der Waals surface area (Å²) in [6, 6.07) is 4.51. The minimum Gasteiger partial charge on any atom is -0.493 e. The summed E-state index contributed by atoms with van der Waals surface area (Å²) < 4.78 is 6.25. The molecule has 1 aromatic rings. The molecule has 0 aliphatic rings. The quantitative estimate of drug-likeness (QED) is 0.266. The maximum atomic E-state index is 10.8. The number of unbranched alkanes of at least 4 members (excludes halogenated alkanes) is 1. The van der Waals surface area contributed by atoms with E-state index >= 15 is 0 Å². The van der Waals surface area contributed by atoms with E-state index in [2.05, 4.69) is 53.7 Å². The molecule has 0 unspecified atom stereocenters. The summed E-state index contributed by atoms with van der Waals surface area (Å²) in [5, 5.41) is 8.83. The Morgan fingerprint density at radius 3 is 2.36 bits per heavy atom. The maximum Gasteiger partial charge on any atom is 0.328 e. The topological polar surface area (TPSA) is 46.5 Å². The van der Waals surface area contributed by atoms with Crippen LogP contribution in [0.3, 0.4) is 0 Å². The lowest BCUT2D eigenvalue weighted by Crippen LogP contribution is -2.06. The number of hydrogen-bond acceptors (Lipinski definition) is 2. The molecule has 0 amide bonds. The number of carboxylic acid groups (broad SMARTS) is 1. The van der Waals surface area contributed by atoms with E-state index in [0.717, 1.165) is 29.7 Å². The number of carboxylic acids is 1. The normalized spacial score (nSPS) is 13.0. The minimum atomic E-state index is -0.930. The zero-order valence-corrected chi connectivity index (χ0v) is 18.5. The van der Waals surface area contributed by atoms with Gasteiger partial charge in [0.1, 0.15) is 5.75 Å². The molecular weight excluding hydrogens is 348 g/mol. The summed E-state index contributed by atoms with van der Waals surface area (Å²) in [5.41, 5.74) is 5.48. The second kappa shape index (κ2) is 11.5. The zero-order chi connectivity index (χ0) is 21.3. The van der Waals surface area contributed by atoms with Crippen LogP contribution in [0.5, 0.6) is 5.75 Å². The highest BCUT2D eigenvalue weighted by Gasteiger charge is 2.17. The SMILES string of the molecule is CCCCOc1c(/C(C)=C/C=C/C(C)=C/C(=O)O)cc(C(C)C)cc1C(C)C. The lowest BCUT2D eigenvalue weighted by molar-refractivity contribution is -0.131. The van der Waals surface area contributed by atoms with E-state index in [0.29, 0.717) is 24.0 Å². The summed E-state index contributed by atoms with van der Waals surface area (Å²) in [7, 11) is 0. The summed E-state index contributed by atoms with van der Waals surface area (Å²) in [4.78, 5) is 10.8. The van der Waals surface area contributed by atoms with Crippen LogP contribution in [0.2, 0.25) is 0 Å². The molecule has 0 spiro atoms. The Kier molecular flexibility index (Phi) is 9.78. The number of allylic oxidation sites excluding steroid dienone is 5. The minimum absolute atomic E-state index is 0.373. The molecular formula is C25H36O3. The van der Waals surface area contributed by atoms with E-state index in [9.17, 15) is 4.79 Å². The molecule has 154 valence electrons. The van der Waals surface area contributed by atoms with Crippen LogP contribution >= 0.6 is 0 Å². The van der Waals surface area contributed by atoms with Gasteiger partial charge >= 0.3 is 5.97 Å². The van der Waals surface area contributed by atoms with Crippen molar-refractivity contribution in [1.29, 1.82) is 0 Å². The van der Waals surface area contributed by atoms with Crippen LogP contribution in [0.25, 0.3) is 5.57 Å². The molecule has 0 bridgehead atoms. The van der Waals surface area contributed by atoms with E-state index < -0.39 is 5.97 Å². The first kappa shape index (κ1) is 23.7. The fourth-order valence-corrected chi connectivity index (χ4v) is 2.89. The predicted octanol–water partition coefficient (Wildman–Crippen LogP) is 7.10. The Morgan fingerprint density at radius 1 is 1.14 bits per heavy atom.